The molecule has 0 spiro atoms. The molecular formula is C28H50O7. The van der Waals surface area contributed by atoms with Crippen molar-refractivity contribution in [1.29, 1.82) is 0 Å². The van der Waals surface area contributed by atoms with Gasteiger partial charge >= 0.3 is 0 Å². The number of hydrogen-bond donors (Lipinski definition) is 4. The normalized spacial score (nSPS) is 13.2. The minimum atomic E-state index is -0.760. The fraction of sp³-hybridized carbons (Fsp3) is 0.786. The Balaban J connectivity index is 2.41. The van der Waals surface area contributed by atoms with Gasteiger partial charge in [0.05, 0.1) is 45.2 Å². The average Bonchev–Trinajstić information content (AvgIpc) is 2.87. The lowest BCUT2D eigenvalue weighted by Crippen LogP contribution is -2.15. The number of benzene rings is 1. The smallest absolute Gasteiger partial charge is 0.120 e. The topological polar surface area (TPSA) is 109 Å². The van der Waals surface area contributed by atoms with Crippen molar-refractivity contribution >= 4 is 0 Å². The van der Waals surface area contributed by atoms with E-state index in [2.05, 4.69) is 6.92 Å². The molecule has 35 heavy (non-hydrogen) atoms. The first kappa shape index (κ1) is 31.8. The van der Waals surface area contributed by atoms with Gasteiger partial charge in [-0.15, -0.1) is 0 Å². The molecule has 0 aliphatic heterocycles. The molecule has 4 N–H and O–H groups in total. The molecular weight excluding hydrogens is 448 g/mol. The van der Waals surface area contributed by atoms with Crippen LogP contribution in [0.4, 0.5) is 0 Å². The molecule has 1 rings (SSSR count). The minimum Gasteiger partial charge on any atom is -0.494 e. The highest BCUT2D eigenvalue weighted by atomic mass is 16.5. The Bertz CT molecular complexity index is 575. The van der Waals surface area contributed by atoms with Crippen molar-refractivity contribution in [1.82, 2.24) is 0 Å². The zero-order valence-electron chi connectivity index (χ0n) is 21.8. The van der Waals surface area contributed by atoms with Gasteiger partial charge in [-0.25, -0.2) is 0 Å². The number of hydrogen-bond acceptors (Lipinski definition) is 7. The van der Waals surface area contributed by atoms with Gasteiger partial charge in [0.15, 0.2) is 0 Å². The second-order valence-electron chi connectivity index (χ2n) is 9.37. The molecule has 0 saturated heterocycles. The average molecular weight is 499 g/mol. The lowest BCUT2D eigenvalue weighted by molar-refractivity contribution is 0.0423. The first-order valence-corrected chi connectivity index (χ1v) is 13.6. The molecule has 1 aromatic carbocycles. The second-order valence-corrected chi connectivity index (χ2v) is 9.37. The van der Waals surface area contributed by atoms with E-state index in [-0.39, 0.29) is 13.2 Å². The molecule has 0 aromatic heterocycles. The van der Waals surface area contributed by atoms with Crippen LogP contribution in [0.1, 0.15) is 95.1 Å². The Morgan fingerprint density at radius 3 is 1.54 bits per heavy atom. The highest BCUT2D eigenvalue weighted by Crippen LogP contribution is 2.20. The van der Waals surface area contributed by atoms with Gasteiger partial charge in [-0.05, 0) is 42.5 Å². The van der Waals surface area contributed by atoms with E-state index in [1.54, 1.807) is 0 Å². The van der Waals surface area contributed by atoms with Crippen LogP contribution in [0.5, 0.6) is 5.75 Å². The molecule has 0 aliphatic rings. The third-order valence-corrected chi connectivity index (χ3v) is 5.94. The van der Waals surface area contributed by atoms with Crippen LogP contribution in [0, 0.1) is 0 Å². The van der Waals surface area contributed by atoms with Crippen LogP contribution in [-0.2, 0) is 22.7 Å². The van der Waals surface area contributed by atoms with E-state index in [9.17, 15) is 10.2 Å². The molecule has 0 heterocycles. The van der Waals surface area contributed by atoms with Crippen molar-refractivity contribution in [2.45, 2.75) is 109 Å². The molecule has 0 amide bonds. The van der Waals surface area contributed by atoms with Crippen LogP contribution in [-0.4, -0.2) is 65.7 Å². The lowest BCUT2D eigenvalue weighted by Gasteiger charge is -2.13. The summed E-state index contributed by atoms with van der Waals surface area (Å²) in [5.74, 6) is 0.784. The van der Waals surface area contributed by atoms with E-state index in [4.69, 9.17) is 24.4 Å². The molecule has 0 radical (unpaired) electrons. The van der Waals surface area contributed by atoms with Crippen LogP contribution in [0.3, 0.4) is 0 Å². The largest absolute Gasteiger partial charge is 0.494 e. The van der Waals surface area contributed by atoms with Gasteiger partial charge in [0, 0.05) is 13.2 Å². The molecule has 7 heteroatoms. The third-order valence-electron chi connectivity index (χ3n) is 5.94. The van der Waals surface area contributed by atoms with E-state index < -0.39 is 12.2 Å². The number of aliphatic hydroxyl groups is 4. The Morgan fingerprint density at radius 1 is 0.629 bits per heavy atom. The molecule has 204 valence electrons. The predicted octanol–water partition coefficient (Wildman–Crippen LogP) is 4.51. The highest BCUT2D eigenvalue weighted by molar-refractivity contribution is 5.34. The van der Waals surface area contributed by atoms with E-state index in [1.165, 1.54) is 57.8 Å². The summed E-state index contributed by atoms with van der Waals surface area (Å²) in [4.78, 5) is 0. The summed E-state index contributed by atoms with van der Waals surface area (Å²) < 4.78 is 17.3. The van der Waals surface area contributed by atoms with Crippen LogP contribution in [0.25, 0.3) is 0 Å². The molecule has 0 bridgehead atoms. The third kappa shape index (κ3) is 17.8. The fourth-order valence-electron chi connectivity index (χ4n) is 3.76. The van der Waals surface area contributed by atoms with Crippen LogP contribution >= 0.6 is 0 Å². The van der Waals surface area contributed by atoms with E-state index in [0.29, 0.717) is 45.9 Å². The predicted molar refractivity (Wildman–Crippen MR) is 139 cm³/mol. The van der Waals surface area contributed by atoms with E-state index >= 15 is 0 Å². The maximum Gasteiger partial charge on any atom is 0.120 e. The standard InChI is InChI=1S/C28H50O7/c1-2-3-4-5-6-7-8-9-10-11-14-35-28-18-24(22-33-15-12-26(31)20-29)17-25(19-28)23-34-16-13-27(32)21-30/h17-19,26-27,29-32H,2-16,20-23H2,1H3. The summed E-state index contributed by atoms with van der Waals surface area (Å²) in [5, 5.41) is 36.7. The fourth-order valence-corrected chi connectivity index (χ4v) is 3.76. The summed E-state index contributed by atoms with van der Waals surface area (Å²) in [6.07, 6.45) is 12.1. The summed E-state index contributed by atoms with van der Waals surface area (Å²) in [6, 6.07) is 5.94. The van der Waals surface area contributed by atoms with E-state index in [0.717, 1.165) is 23.3 Å². The van der Waals surface area contributed by atoms with Gasteiger partial charge < -0.3 is 34.6 Å². The number of aliphatic hydroxyl groups excluding tert-OH is 4. The van der Waals surface area contributed by atoms with Crippen LogP contribution < -0.4 is 4.74 Å². The lowest BCUT2D eigenvalue weighted by atomic mass is 10.1. The van der Waals surface area contributed by atoms with E-state index in [1.807, 2.05) is 18.2 Å². The number of rotatable bonds is 24. The van der Waals surface area contributed by atoms with Crippen molar-refractivity contribution in [2.24, 2.45) is 0 Å². The molecule has 0 fully saturated rings. The number of ether oxygens (including phenoxy) is 3. The van der Waals surface area contributed by atoms with Gasteiger partial charge in [-0.1, -0.05) is 70.8 Å². The molecule has 1 aromatic rings. The van der Waals surface area contributed by atoms with Gasteiger partial charge in [-0.3, -0.25) is 0 Å². The Morgan fingerprint density at radius 2 is 1.09 bits per heavy atom. The Kier molecular flexibility index (Phi) is 20.0. The minimum absolute atomic E-state index is 0.266. The van der Waals surface area contributed by atoms with Crippen molar-refractivity contribution in [2.75, 3.05) is 33.0 Å². The molecule has 7 nitrogen and oxygen atoms in total. The zero-order chi connectivity index (χ0) is 25.6. The first-order valence-electron chi connectivity index (χ1n) is 13.6. The monoisotopic (exact) mass is 498 g/mol. The number of unbranched alkanes of at least 4 members (excludes halogenated alkanes) is 9. The summed E-state index contributed by atoms with van der Waals surface area (Å²) >= 11 is 0. The van der Waals surface area contributed by atoms with Crippen molar-refractivity contribution in [3.8, 4) is 5.75 Å². The maximum atomic E-state index is 9.45. The Labute approximate surface area is 212 Å². The maximum absolute atomic E-state index is 9.45. The zero-order valence-corrected chi connectivity index (χ0v) is 21.8. The van der Waals surface area contributed by atoms with Crippen molar-refractivity contribution in [3.05, 3.63) is 29.3 Å². The SMILES string of the molecule is CCCCCCCCCCCCOc1cc(COCCC(O)CO)cc(COCCC(O)CO)c1. The summed E-state index contributed by atoms with van der Waals surface area (Å²) in [5.41, 5.74) is 1.91. The Hall–Kier alpha value is -1.22. The molecule has 0 aliphatic carbocycles. The van der Waals surface area contributed by atoms with Crippen LogP contribution in [0.15, 0.2) is 18.2 Å². The van der Waals surface area contributed by atoms with Crippen LogP contribution in [0.2, 0.25) is 0 Å². The molecule has 0 saturated carbocycles. The quantitative estimate of drug-likeness (QED) is 0.155. The van der Waals surface area contributed by atoms with Gasteiger partial charge in [0.2, 0.25) is 0 Å². The molecule has 2 atom stereocenters. The second kappa shape index (κ2) is 22.0. The van der Waals surface area contributed by atoms with Gasteiger partial charge in [0.25, 0.3) is 0 Å². The van der Waals surface area contributed by atoms with Gasteiger partial charge in [-0.2, -0.15) is 0 Å². The first-order chi connectivity index (χ1) is 17.1. The van der Waals surface area contributed by atoms with Crippen molar-refractivity contribution in [3.63, 3.8) is 0 Å². The molecule has 2 unspecified atom stereocenters. The highest BCUT2D eigenvalue weighted by Gasteiger charge is 2.07. The summed E-state index contributed by atoms with van der Waals surface area (Å²) in [7, 11) is 0. The van der Waals surface area contributed by atoms with Crippen molar-refractivity contribution < 1.29 is 34.6 Å². The van der Waals surface area contributed by atoms with Gasteiger partial charge in [0.1, 0.15) is 5.75 Å². The summed E-state index contributed by atoms with van der Waals surface area (Å²) in [6.45, 7) is 3.86.